The Balaban J connectivity index is 2.30. The standard InChI is InChI=1S/C17H25N3/c1-5-10-18-11-15-12-19-20(14(15)4)17-9-7-6-8-16(17)13(2)3/h6-9,12-13,18H,5,10-11H2,1-4H3. The van der Waals surface area contributed by atoms with E-state index in [0.717, 1.165) is 19.5 Å². The summed E-state index contributed by atoms with van der Waals surface area (Å²) in [5.41, 5.74) is 5.03. The van der Waals surface area contributed by atoms with Crippen LogP contribution in [0.15, 0.2) is 30.5 Å². The molecule has 1 N–H and O–H groups in total. The van der Waals surface area contributed by atoms with Gasteiger partial charge >= 0.3 is 0 Å². The minimum atomic E-state index is 0.497. The molecule has 0 saturated heterocycles. The summed E-state index contributed by atoms with van der Waals surface area (Å²) >= 11 is 0. The van der Waals surface area contributed by atoms with Crippen LogP contribution in [0.2, 0.25) is 0 Å². The van der Waals surface area contributed by atoms with Crippen molar-refractivity contribution in [3.05, 3.63) is 47.3 Å². The Morgan fingerprint density at radius 2 is 2.00 bits per heavy atom. The van der Waals surface area contributed by atoms with Gasteiger partial charge in [0.2, 0.25) is 0 Å². The number of nitrogens with zero attached hydrogens (tertiary/aromatic N) is 2. The highest BCUT2D eigenvalue weighted by Gasteiger charge is 2.12. The van der Waals surface area contributed by atoms with Gasteiger partial charge in [-0.25, -0.2) is 4.68 Å². The molecule has 0 fully saturated rings. The minimum Gasteiger partial charge on any atom is -0.313 e. The van der Waals surface area contributed by atoms with Gasteiger partial charge in [0.05, 0.1) is 11.9 Å². The number of hydrogen-bond donors (Lipinski definition) is 1. The smallest absolute Gasteiger partial charge is 0.0683 e. The zero-order valence-corrected chi connectivity index (χ0v) is 13.0. The second-order valence-electron chi connectivity index (χ2n) is 5.56. The van der Waals surface area contributed by atoms with Gasteiger partial charge in [0, 0.05) is 17.8 Å². The summed E-state index contributed by atoms with van der Waals surface area (Å²) in [6.45, 7) is 10.7. The van der Waals surface area contributed by atoms with Crippen LogP contribution in [-0.2, 0) is 6.54 Å². The highest BCUT2D eigenvalue weighted by molar-refractivity contribution is 5.44. The van der Waals surface area contributed by atoms with E-state index in [-0.39, 0.29) is 0 Å². The first-order chi connectivity index (χ1) is 9.65. The average molecular weight is 271 g/mol. The summed E-state index contributed by atoms with van der Waals surface area (Å²) in [7, 11) is 0. The third-order valence-electron chi connectivity index (χ3n) is 3.64. The zero-order chi connectivity index (χ0) is 14.5. The van der Waals surface area contributed by atoms with Gasteiger partial charge in [0.1, 0.15) is 0 Å². The van der Waals surface area contributed by atoms with E-state index in [0.29, 0.717) is 5.92 Å². The molecule has 0 saturated carbocycles. The van der Waals surface area contributed by atoms with E-state index in [1.54, 1.807) is 0 Å². The fourth-order valence-corrected chi connectivity index (χ4v) is 2.43. The molecule has 0 aliphatic carbocycles. The summed E-state index contributed by atoms with van der Waals surface area (Å²) in [5.74, 6) is 0.497. The molecule has 0 amide bonds. The average Bonchev–Trinajstić information content (AvgIpc) is 2.80. The van der Waals surface area contributed by atoms with Crippen LogP contribution < -0.4 is 5.32 Å². The number of hydrogen-bond acceptors (Lipinski definition) is 2. The van der Waals surface area contributed by atoms with Crippen LogP contribution in [-0.4, -0.2) is 16.3 Å². The Hall–Kier alpha value is -1.61. The first-order valence-corrected chi connectivity index (χ1v) is 7.48. The first-order valence-electron chi connectivity index (χ1n) is 7.48. The fourth-order valence-electron chi connectivity index (χ4n) is 2.43. The van der Waals surface area contributed by atoms with Crippen LogP contribution in [0.5, 0.6) is 0 Å². The van der Waals surface area contributed by atoms with E-state index in [4.69, 9.17) is 0 Å². The molecule has 0 aliphatic rings. The molecule has 2 aromatic rings. The van der Waals surface area contributed by atoms with Crippen LogP contribution in [0.4, 0.5) is 0 Å². The van der Waals surface area contributed by atoms with Crippen molar-refractivity contribution in [2.24, 2.45) is 0 Å². The van der Waals surface area contributed by atoms with Gasteiger partial charge in [0.25, 0.3) is 0 Å². The molecule has 20 heavy (non-hydrogen) atoms. The van der Waals surface area contributed by atoms with Crippen molar-refractivity contribution in [3.63, 3.8) is 0 Å². The number of para-hydroxylation sites is 1. The lowest BCUT2D eigenvalue weighted by Gasteiger charge is -2.14. The van der Waals surface area contributed by atoms with Crippen molar-refractivity contribution in [3.8, 4) is 5.69 Å². The summed E-state index contributed by atoms with van der Waals surface area (Å²) in [6, 6.07) is 8.52. The van der Waals surface area contributed by atoms with Crippen LogP contribution >= 0.6 is 0 Å². The molecule has 1 aromatic carbocycles. The second kappa shape index (κ2) is 6.71. The molecule has 3 heteroatoms. The van der Waals surface area contributed by atoms with E-state index in [2.05, 4.69) is 67.1 Å². The van der Waals surface area contributed by atoms with Crippen molar-refractivity contribution in [1.82, 2.24) is 15.1 Å². The molecular weight excluding hydrogens is 246 g/mol. The topological polar surface area (TPSA) is 29.9 Å². The molecular formula is C17H25N3. The number of rotatable bonds is 6. The second-order valence-corrected chi connectivity index (χ2v) is 5.56. The normalized spacial score (nSPS) is 11.2. The quantitative estimate of drug-likeness (QED) is 0.810. The predicted octanol–water partition coefficient (Wildman–Crippen LogP) is 3.80. The van der Waals surface area contributed by atoms with Gasteiger partial charge in [-0.3, -0.25) is 0 Å². The predicted molar refractivity (Wildman–Crippen MR) is 84.4 cm³/mol. The molecule has 0 radical (unpaired) electrons. The summed E-state index contributed by atoms with van der Waals surface area (Å²) in [5, 5.41) is 8.03. The molecule has 3 nitrogen and oxygen atoms in total. The molecule has 1 aromatic heterocycles. The van der Waals surface area contributed by atoms with Gasteiger partial charge in [-0.05, 0) is 37.4 Å². The third kappa shape index (κ3) is 3.10. The molecule has 0 bridgehead atoms. The van der Waals surface area contributed by atoms with Gasteiger partial charge in [-0.2, -0.15) is 5.10 Å². The largest absolute Gasteiger partial charge is 0.313 e. The van der Waals surface area contributed by atoms with Gasteiger partial charge in [-0.15, -0.1) is 0 Å². The van der Waals surface area contributed by atoms with Crippen molar-refractivity contribution in [2.45, 2.75) is 46.6 Å². The maximum absolute atomic E-state index is 4.58. The molecule has 0 unspecified atom stereocenters. The monoisotopic (exact) mass is 271 g/mol. The van der Waals surface area contributed by atoms with Crippen LogP contribution in [0, 0.1) is 6.92 Å². The maximum Gasteiger partial charge on any atom is 0.0683 e. The summed E-state index contributed by atoms with van der Waals surface area (Å²) in [6.07, 6.45) is 3.14. The Morgan fingerprint density at radius 1 is 1.25 bits per heavy atom. The Labute approximate surface area is 122 Å². The van der Waals surface area contributed by atoms with Crippen LogP contribution in [0.1, 0.15) is 49.9 Å². The SMILES string of the molecule is CCCNCc1cnn(-c2ccccc2C(C)C)c1C. The number of aromatic nitrogens is 2. The van der Waals surface area contributed by atoms with Crippen LogP contribution in [0.25, 0.3) is 5.69 Å². The molecule has 0 aliphatic heterocycles. The molecule has 2 rings (SSSR count). The lowest BCUT2D eigenvalue weighted by Crippen LogP contribution is -2.14. The van der Waals surface area contributed by atoms with E-state index < -0.39 is 0 Å². The van der Waals surface area contributed by atoms with Gasteiger partial charge in [-0.1, -0.05) is 39.0 Å². The number of nitrogens with one attached hydrogen (secondary N) is 1. The number of benzene rings is 1. The molecule has 1 heterocycles. The third-order valence-corrected chi connectivity index (χ3v) is 3.64. The highest BCUT2D eigenvalue weighted by Crippen LogP contribution is 2.24. The van der Waals surface area contributed by atoms with Gasteiger partial charge < -0.3 is 5.32 Å². The van der Waals surface area contributed by atoms with Gasteiger partial charge in [0.15, 0.2) is 0 Å². The van der Waals surface area contributed by atoms with Crippen molar-refractivity contribution >= 4 is 0 Å². The van der Waals surface area contributed by atoms with E-state index in [1.165, 1.54) is 22.5 Å². The summed E-state index contributed by atoms with van der Waals surface area (Å²) < 4.78 is 2.07. The lowest BCUT2D eigenvalue weighted by molar-refractivity contribution is 0.672. The molecule has 0 atom stereocenters. The fraction of sp³-hybridized carbons (Fsp3) is 0.471. The van der Waals surface area contributed by atoms with Crippen molar-refractivity contribution in [2.75, 3.05) is 6.54 Å². The molecule has 0 spiro atoms. The summed E-state index contributed by atoms with van der Waals surface area (Å²) in [4.78, 5) is 0. The van der Waals surface area contributed by atoms with Crippen molar-refractivity contribution < 1.29 is 0 Å². The molecule has 108 valence electrons. The van der Waals surface area contributed by atoms with Crippen LogP contribution in [0.3, 0.4) is 0 Å². The minimum absolute atomic E-state index is 0.497. The highest BCUT2D eigenvalue weighted by atomic mass is 15.3. The van der Waals surface area contributed by atoms with E-state index >= 15 is 0 Å². The van der Waals surface area contributed by atoms with E-state index in [9.17, 15) is 0 Å². The van der Waals surface area contributed by atoms with Crippen molar-refractivity contribution in [1.29, 1.82) is 0 Å². The Bertz CT molecular complexity index is 555. The lowest BCUT2D eigenvalue weighted by atomic mass is 10.0. The maximum atomic E-state index is 4.58. The Morgan fingerprint density at radius 3 is 2.70 bits per heavy atom. The Kier molecular flexibility index (Phi) is 4.96. The first kappa shape index (κ1) is 14.8. The zero-order valence-electron chi connectivity index (χ0n) is 13.0. The van der Waals surface area contributed by atoms with E-state index in [1.807, 2.05) is 6.20 Å².